The third-order valence-corrected chi connectivity index (χ3v) is 6.58. The molecule has 0 radical (unpaired) electrons. The molecule has 1 heterocycles. The first-order valence-electron chi connectivity index (χ1n) is 10.9. The normalized spacial score (nSPS) is 10.9. The molecule has 1 aromatic heterocycles. The van der Waals surface area contributed by atoms with Crippen LogP contribution < -0.4 is 10.2 Å². The van der Waals surface area contributed by atoms with Crippen molar-refractivity contribution >= 4 is 40.6 Å². The highest BCUT2D eigenvalue weighted by molar-refractivity contribution is 7.99. The van der Waals surface area contributed by atoms with Gasteiger partial charge in [0, 0.05) is 30.9 Å². The van der Waals surface area contributed by atoms with E-state index in [1.807, 2.05) is 30.5 Å². The van der Waals surface area contributed by atoms with Crippen LogP contribution in [0.4, 0.5) is 11.4 Å². The molecule has 0 fully saturated rings. The molecule has 0 saturated heterocycles. The topological polar surface area (TPSA) is 63.1 Å². The Bertz CT molecular complexity index is 1050. The Hall–Kier alpha value is -2.51. The van der Waals surface area contributed by atoms with Crippen molar-refractivity contribution in [1.29, 1.82) is 0 Å². The lowest BCUT2D eigenvalue weighted by atomic mass is 10.1. The monoisotopic (exact) mass is 471 g/mol. The zero-order chi connectivity index (χ0) is 23.3. The highest BCUT2D eigenvalue weighted by Crippen LogP contribution is 2.29. The minimum Gasteiger partial charge on any atom is -0.372 e. The molecule has 170 valence electrons. The van der Waals surface area contributed by atoms with E-state index in [0.717, 1.165) is 40.8 Å². The number of nitrogens with zero attached hydrogens (tertiary/aromatic N) is 4. The Morgan fingerprint density at radius 1 is 1.09 bits per heavy atom. The van der Waals surface area contributed by atoms with Gasteiger partial charge in [-0.15, -0.1) is 10.2 Å². The first-order valence-corrected chi connectivity index (χ1v) is 12.2. The summed E-state index contributed by atoms with van der Waals surface area (Å²) in [5.74, 6) is 0.904. The molecule has 1 amide bonds. The highest BCUT2D eigenvalue weighted by atomic mass is 35.5. The average Bonchev–Trinajstić information content (AvgIpc) is 3.19. The number of halogens is 1. The smallest absolute Gasteiger partial charge is 0.234 e. The Morgan fingerprint density at radius 2 is 1.78 bits per heavy atom. The van der Waals surface area contributed by atoms with E-state index in [0.29, 0.717) is 17.3 Å². The molecule has 0 unspecified atom stereocenters. The summed E-state index contributed by atoms with van der Waals surface area (Å²) < 4.78 is 2.04. The minimum absolute atomic E-state index is 0.125. The highest BCUT2D eigenvalue weighted by Gasteiger charge is 2.16. The number of hydrogen-bond donors (Lipinski definition) is 1. The van der Waals surface area contributed by atoms with Crippen molar-refractivity contribution in [2.24, 2.45) is 0 Å². The molecular weight excluding hydrogens is 442 g/mol. The van der Waals surface area contributed by atoms with E-state index in [2.05, 4.69) is 65.5 Å². The Morgan fingerprint density at radius 3 is 2.38 bits per heavy atom. The number of benzene rings is 2. The molecule has 0 aliphatic rings. The van der Waals surface area contributed by atoms with Crippen LogP contribution >= 0.6 is 23.4 Å². The molecule has 3 rings (SSSR count). The van der Waals surface area contributed by atoms with Crippen LogP contribution in [-0.2, 0) is 11.3 Å². The van der Waals surface area contributed by atoms with Crippen LogP contribution in [0, 0.1) is 13.8 Å². The summed E-state index contributed by atoms with van der Waals surface area (Å²) in [7, 11) is 0. The fourth-order valence-electron chi connectivity index (χ4n) is 3.68. The third kappa shape index (κ3) is 5.45. The Balaban J connectivity index is 1.71. The van der Waals surface area contributed by atoms with Crippen LogP contribution in [0.25, 0.3) is 11.4 Å². The number of carbonyl (C=O) groups is 1. The fourth-order valence-corrected chi connectivity index (χ4v) is 4.85. The molecule has 32 heavy (non-hydrogen) atoms. The van der Waals surface area contributed by atoms with Gasteiger partial charge in [0.25, 0.3) is 0 Å². The van der Waals surface area contributed by atoms with E-state index in [1.165, 1.54) is 17.4 Å². The maximum atomic E-state index is 12.6. The van der Waals surface area contributed by atoms with Crippen LogP contribution in [0.15, 0.2) is 41.6 Å². The maximum absolute atomic E-state index is 12.6. The molecule has 0 aliphatic heterocycles. The zero-order valence-electron chi connectivity index (χ0n) is 19.3. The quantitative estimate of drug-likeness (QED) is 0.399. The molecule has 0 saturated carbocycles. The van der Waals surface area contributed by atoms with Crippen LogP contribution in [0.1, 0.15) is 31.9 Å². The second-order valence-electron chi connectivity index (χ2n) is 7.55. The number of carbonyl (C=O) groups excluding carboxylic acids is 1. The number of thioether (sulfide) groups is 1. The van der Waals surface area contributed by atoms with Gasteiger partial charge in [-0.2, -0.15) is 0 Å². The first-order chi connectivity index (χ1) is 15.4. The standard InChI is InChI=1S/C24H30ClN5OS/c1-6-29(7-2)19-11-9-18(10-12-19)23-27-28-24(30(23)8-3)32-15-21(31)26-22-17(5)13-16(4)14-20(22)25/h9-14H,6-8,15H2,1-5H3,(H,26,31). The first kappa shape index (κ1) is 24.1. The van der Waals surface area contributed by atoms with Crippen molar-refractivity contribution in [2.45, 2.75) is 46.3 Å². The molecule has 3 aromatic rings. The second-order valence-corrected chi connectivity index (χ2v) is 8.89. The van der Waals surface area contributed by atoms with Crippen molar-refractivity contribution in [3.05, 3.63) is 52.5 Å². The summed E-state index contributed by atoms with van der Waals surface area (Å²) in [6.07, 6.45) is 0. The minimum atomic E-state index is -0.125. The van der Waals surface area contributed by atoms with Gasteiger partial charge in [-0.05, 0) is 76.1 Å². The maximum Gasteiger partial charge on any atom is 0.234 e. The predicted octanol–water partition coefficient (Wildman–Crippen LogP) is 5.81. The van der Waals surface area contributed by atoms with Gasteiger partial charge in [0.15, 0.2) is 11.0 Å². The number of amides is 1. The second kappa shape index (κ2) is 10.9. The molecule has 2 aromatic carbocycles. The lowest BCUT2D eigenvalue weighted by molar-refractivity contribution is -0.113. The van der Waals surface area contributed by atoms with E-state index in [9.17, 15) is 4.79 Å². The predicted molar refractivity (Wildman–Crippen MR) is 135 cm³/mol. The average molecular weight is 472 g/mol. The van der Waals surface area contributed by atoms with Gasteiger partial charge in [0.05, 0.1) is 16.5 Å². The van der Waals surface area contributed by atoms with E-state index < -0.39 is 0 Å². The lowest BCUT2D eigenvalue weighted by Gasteiger charge is -2.21. The molecule has 0 aliphatic carbocycles. The number of aromatic nitrogens is 3. The molecule has 8 heteroatoms. The Labute approximate surface area is 199 Å². The van der Waals surface area contributed by atoms with Gasteiger partial charge in [-0.1, -0.05) is 29.4 Å². The van der Waals surface area contributed by atoms with Crippen molar-refractivity contribution in [3.63, 3.8) is 0 Å². The summed E-state index contributed by atoms with van der Waals surface area (Å²) in [4.78, 5) is 14.9. The van der Waals surface area contributed by atoms with Crippen LogP contribution in [-0.4, -0.2) is 39.5 Å². The van der Waals surface area contributed by atoms with Crippen LogP contribution in [0.5, 0.6) is 0 Å². The van der Waals surface area contributed by atoms with Crippen LogP contribution in [0.3, 0.4) is 0 Å². The largest absolute Gasteiger partial charge is 0.372 e. The van der Waals surface area contributed by atoms with Crippen molar-refractivity contribution < 1.29 is 4.79 Å². The van der Waals surface area contributed by atoms with Crippen molar-refractivity contribution in [1.82, 2.24) is 14.8 Å². The van der Waals surface area contributed by atoms with Crippen molar-refractivity contribution in [3.8, 4) is 11.4 Å². The van der Waals surface area contributed by atoms with E-state index in [-0.39, 0.29) is 11.7 Å². The summed E-state index contributed by atoms with van der Waals surface area (Å²) in [5, 5.41) is 12.9. The third-order valence-electron chi connectivity index (χ3n) is 5.32. The molecule has 6 nitrogen and oxygen atoms in total. The lowest BCUT2D eigenvalue weighted by Crippen LogP contribution is -2.21. The fraction of sp³-hybridized carbons (Fsp3) is 0.375. The van der Waals surface area contributed by atoms with Gasteiger partial charge >= 0.3 is 0 Å². The molecule has 0 atom stereocenters. The van der Waals surface area contributed by atoms with Crippen molar-refractivity contribution in [2.75, 3.05) is 29.1 Å². The van der Waals surface area contributed by atoms with Gasteiger partial charge in [0.2, 0.25) is 5.91 Å². The van der Waals surface area contributed by atoms with Gasteiger partial charge in [0.1, 0.15) is 0 Å². The number of hydrogen-bond acceptors (Lipinski definition) is 5. The molecular formula is C24H30ClN5OS. The van der Waals surface area contributed by atoms with Gasteiger partial charge < -0.3 is 14.8 Å². The van der Waals surface area contributed by atoms with E-state index >= 15 is 0 Å². The molecule has 1 N–H and O–H groups in total. The SMILES string of the molecule is CCN(CC)c1ccc(-c2nnc(SCC(=O)Nc3c(C)cc(C)cc3Cl)n2CC)cc1. The summed E-state index contributed by atoms with van der Waals surface area (Å²) in [6, 6.07) is 12.2. The molecule has 0 bridgehead atoms. The molecule has 0 spiro atoms. The summed E-state index contributed by atoms with van der Waals surface area (Å²) in [5.41, 5.74) is 4.87. The van der Waals surface area contributed by atoms with Gasteiger partial charge in [-0.25, -0.2) is 0 Å². The number of rotatable bonds is 9. The zero-order valence-corrected chi connectivity index (χ0v) is 20.8. The number of anilines is 2. The summed E-state index contributed by atoms with van der Waals surface area (Å²) in [6.45, 7) is 12.9. The summed E-state index contributed by atoms with van der Waals surface area (Å²) >= 11 is 7.68. The van der Waals surface area contributed by atoms with Crippen LogP contribution in [0.2, 0.25) is 5.02 Å². The Kier molecular flexibility index (Phi) is 8.21. The van der Waals surface area contributed by atoms with E-state index in [4.69, 9.17) is 11.6 Å². The van der Waals surface area contributed by atoms with Gasteiger partial charge in [-0.3, -0.25) is 4.79 Å². The van der Waals surface area contributed by atoms with E-state index in [1.54, 1.807) is 0 Å². The number of aryl methyl sites for hydroxylation is 2. The number of nitrogens with one attached hydrogen (secondary N) is 1.